The summed E-state index contributed by atoms with van der Waals surface area (Å²) in [4.78, 5) is 39.0. The first-order valence-corrected chi connectivity index (χ1v) is 9.88. The van der Waals surface area contributed by atoms with E-state index >= 15 is 0 Å². The van der Waals surface area contributed by atoms with Crippen LogP contribution in [0.5, 0.6) is 0 Å². The highest BCUT2D eigenvalue weighted by atomic mass is 16.5. The number of carbonyl (C=O) groups excluding carboxylic acids is 2. The van der Waals surface area contributed by atoms with Crippen LogP contribution in [0.3, 0.4) is 0 Å². The van der Waals surface area contributed by atoms with Gasteiger partial charge in [0.2, 0.25) is 0 Å². The zero-order chi connectivity index (χ0) is 19.3. The molecule has 1 aliphatic heterocycles. The zero-order valence-electron chi connectivity index (χ0n) is 16.1. The number of esters is 1. The second kappa shape index (κ2) is 9.35. The summed E-state index contributed by atoms with van der Waals surface area (Å²) in [5, 5.41) is 12.7. The number of aliphatic carboxylic acids is 1. The molecule has 26 heavy (non-hydrogen) atoms. The largest absolute Gasteiger partial charge is 0.480 e. The Morgan fingerprint density at radius 2 is 1.92 bits per heavy atom. The first-order chi connectivity index (χ1) is 12.4. The number of carboxylic acid groups (broad SMARTS) is 1. The Morgan fingerprint density at radius 3 is 2.54 bits per heavy atom. The van der Waals surface area contributed by atoms with E-state index in [0.29, 0.717) is 6.42 Å². The molecule has 2 N–H and O–H groups in total. The molecule has 0 unspecified atom stereocenters. The average molecular weight is 368 g/mol. The number of amides is 1. The summed E-state index contributed by atoms with van der Waals surface area (Å²) in [5.41, 5.74) is 0. The fraction of sp³-hybridized carbons (Fsp3) is 0.842. The van der Waals surface area contributed by atoms with E-state index in [-0.39, 0.29) is 24.6 Å². The summed E-state index contributed by atoms with van der Waals surface area (Å²) in [6.07, 6.45) is 6.03. The van der Waals surface area contributed by atoms with Crippen molar-refractivity contribution in [2.75, 3.05) is 6.61 Å². The molecule has 1 aliphatic carbocycles. The van der Waals surface area contributed by atoms with E-state index < -0.39 is 29.9 Å². The first kappa shape index (κ1) is 20.7. The van der Waals surface area contributed by atoms with Crippen molar-refractivity contribution in [2.45, 2.75) is 89.9 Å². The molecule has 2 rings (SSSR count). The third-order valence-electron chi connectivity index (χ3n) is 5.57. The Bertz CT molecular complexity index is 524. The van der Waals surface area contributed by atoms with E-state index in [1.807, 2.05) is 13.8 Å². The predicted molar refractivity (Wildman–Crippen MR) is 96.6 cm³/mol. The summed E-state index contributed by atoms with van der Waals surface area (Å²) >= 11 is 0. The van der Waals surface area contributed by atoms with Gasteiger partial charge in [0, 0.05) is 12.1 Å². The molecule has 7 nitrogen and oxygen atoms in total. The average Bonchev–Trinajstić information content (AvgIpc) is 2.99. The highest BCUT2D eigenvalue weighted by Crippen LogP contribution is 2.40. The Kier molecular flexibility index (Phi) is 7.43. The summed E-state index contributed by atoms with van der Waals surface area (Å²) in [5.74, 6) is -1.85. The van der Waals surface area contributed by atoms with Gasteiger partial charge in [0.05, 0.1) is 6.61 Å². The second-order valence-corrected chi connectivity index (χ2v) is 7.49. The summed E-state index contributed by atoms with van der Waals surface area (Å²) in [6.45, 7) is 5.83. The Hall–Kier alpha value is -1.63. The molecule has 148 valence electrons. The maximum Gasteiger partial charge on any atom is 0.332 e. The van der Waals surface area contributed by atoms with Crippen molar-refractivity contribution in [1.82, 2.24) is 10.2 Å². The van der Waals surface area contributed by atoms with Crippen LogP contribution in [0.1, 0.15) is 65.7 Å². The topological polar surface area (TPSA) is 95.9 Å². The Morgan fingerprint density at radius 1 is 1.23 bits per heavy atom. The molecule has 0 spiro atoms. The first-order valence-electron chi connectivity index (χ1n) is 9.88. The quantitative estimate of drug-likeness (QED) is 0.502. The summed E-state index contributed by atoms with van der Waals surface area (Å²) < 4.78 is 5.10. The molecule has 0 bridgehead atoms. The molecule has 5 atom stereocenters. The number of hydrogen-bond acceptors (Lipinski definition) is 5. The van der Waals surface area contributed by atoms with Gasteiger partial charge in [-0.15, -0.1) is 0 Å². The zero-order valence-corrected chi connectivity index (χ0v) is 16.1. The number of ether oxygens (including phenoxy) is 1. The molecule has 2 aliphatic rings. The van der Waals surface area contributed by atoms with Crippen molar-refractivity contribution in [3.63, 3.8) is 0 Å². The van der Waals surface area contributed by atoms with E-state index in [2.05, 4.69) is 5.32 Å². The molecule has 0 aromatic rings. The number of carbonyl (C=O) groups is 3. The van der Waals surface area contributed by atoms with Crippen LogP contribution in [0.2, 0.25) is 0 Å². The molecule has 1 amide bonds. The van der Waals surface area contributed by atoms with Crippen molar-refractivity contribution in [2.24, 2.45) is 5.92 Å². The van der Waals surface area contributed by atoms with Crippen LogP contribution in [0, 0.1) is 5.92 Å². The third-order valence-corrected chi connectivity index (χ3v) is 5.57. The molecule has 1 heterocycles. The number of nitrogens with one attached hydrogen (secondary N) is 1. The van der Waals surface area contributed by atoms with Crippen molar-refractivity contribution >= 4 is 17.8 Å². The van der Waals surface area contributed by atoms with Crippen LogP contribution in [-0.2, 0) is 19.1 Å². The van der Waals surface area contributed by atoms with Gasteiger partial charge in [0.1, 0.15) is 6.04 Å². The van der Waals surface area contributed by atoms with Gasteiger partial charge in [-0.25, -0.2) is 9.59 Å². The van der Waals surface area contributed by atoms with Gasteiger partial charge in [-0.1, -0.05) is 26.2 Å². The van der Waals surface area contributed by atoms with Crippen molar-refractivity contribution in [3.8, 4) is 0 Å². The molecular formula is C19H32N2O5. The van der Waals surface area contributed by atoms with Gasteiger partial charge >= 0.3 is 11.9 Å². The maximum atomic E-state index is 13.3. The van der Waals surface area contributed by atoms with Crippen LogP contribution in [0.15, 0.2) is 0 Å². The number of nitrogens with zero attached hydrogens (tertiary/aromatic N) is 1. The van der Waals surface area contributed by atoms with E-state index in [9.17, 15) is 19.5 Å². The minimum absolute atomic E-state index is 0.0357. The number of hydrogen-bond donors (Lipinski definition) is 2. The smallest absolute Gasteiger partial charge is 0.332 e. The highest BCUT2D eigenvalue weighted by molar-refractivity contribution is 6.03. The molecule has 1 saturated heterocycles. The molecule has 0 aromatic carbocycles. The second-order valence-electron chi connectivity index (χ2n) is 7.49. The lowest BCUT2D eigenvalue weighted by atomic mass is 9.84. The highest BCUT2D eigenvalue weighted by Gasteiger charge is 2.50. The molecule has 7 heteroatoms. The fourth-order valence-corrected chi connectivity index (χ4v) is 4.41. The van der Waals surface area contributed by atoms with Crippen molar-refractivity contribution in [3.05, 3.63) is 0 Å². The normalized spacial score (nSPS) is 27.5. The van der Waals surface area contributed by atoms with Gasteiger partial charge in [-0.2, -0.15) is 0 Å². The van der Waals surface area contributed by atoms with Crippen LogP contribution >= 0.6 is 0 Å². The van der Waals surface area contributed by atoms with Gasteiger partial charge in [0.15, 0.2) is 6.04 Å². The lowest BCUT2D eigenvalue weighted by Crippen LogP contribution is -2.58. The molecular weight excluding hydrogens is 336 g/mol. The Balaban J connectivity index is 2.25. The molecule has 1 saturated carbocycles. The maximum absolute atomic E-state index is 13.3. The minimum atomic E-state index is -1.14. The van der Waals surface area contributed by atoms with Crippen LogP contribution in [0.4, 0.5) is 0 Å². The van der Waals surface area contributed by atoms with E-state index in [0.717, 1.165) is 38.5 Å². The number of fused-ring (bicyclic) bond motifs is 1. The van der Waals surface area contributed by atoms with Crippen LogP contribution in [0.25, 0.3) is 0 Å². The predicted octanol–water partition coefficient (Wildman–Crippen LogP) is 1.94. The van der Waals surface area contributed by atoms with Gasteiger partial charge in [-0.3, -0.25) is 10.1 Å². The number of carboxylic acids is 1. The lowest BCUT2D eigenvalue weighted by Gasteiger charge is -2.35. The standard InChI is InChI=1S/C19H32N2O5/c1-4-8-12(3)20-16(19(25)26-5-2)17(22)21-14-10-7-6-9-13(14)11-15(21)18(23)24/h12-16,20H,4-11H2,1-3H3,(H,23,24)/t12-,13+,14+,15+,16-/m1/s1. The van der Waals surface area contributed by atoms with Crippen LogP contribution < -0.4 is 5.32 Å². The van der Waals surface area contributed by atoms with Gasteiger partial charge in [0.25, 0.3) is 5.91 Å². The molecule has 0 radical (unpaired) electrons. The van der Waals surface area contributed by atoms with Gasteiger partial charge < -0.3 is 14.7 Å². The van der Waals surface area contributed by atoms with E-state index in [1.165, 1.54) is 4.90 Å². The number of likely N-dealkylation sites (tertiary alicyclic amines) is 1. The minimum Gasteiger partial charge on any atom is -0.480 e. The third kappa shape index (κ3) is 4.55. The van der Waals surface area contributed by atoms with Gasteiger partial charge in [-0.05, 0) is 45.4 Å². The summed E-state index contributed by atoms with van der Waals surface area (Å²) in [7, 11) is 0. The Labute approximate surface area is 155 Å². The fourth-order valence-electron chi connectivity index (χ4n) is 4.41. The molecule has 2 fully saturated rings. The number of rotatable bonds is 8. The van der Waals surface area contributed by atoms with E-state index in [4.69, 9.17) is 4.74 Å². The van der Waals surface area contributed by atoms with E-state index in [1.54, 1.807) is 6.92 Å². The molecule has 0 aromatic heterocycles. The monoisotopic (exact) mass is 368 g/mol. The lowest BCUT2D eigenvalue weighted by molar-refractivity contribution is -0.158. The van der Waals surface area contributed by atoms with Crippen LogP contribution in [-0.4, -0.2) is 58.6 Å². The van der Waals surface area contributed by atoms with Crippen molar-refractivity contribution < 1.29 is 24.2 Å². The van der Waals surface area contributed by atoms with Crippen molar-refractivity contribution in [1.29, 1.82) is 0 Å². The summed E-state index contributed by atoms with van der Waals surface area (Å²) in [6, 6.07) is -2.11. The SMILES string of the molecule is CCC[C@@H](C)N[C@@H](C(=O)OCC)C(=O)N1[C@H](C(=O)O)C[C@@H]2CCCC[C@@H]21.